The van der Waals surface area contributed by atoms with E-state index in [1.54, 1.807) is 18.2 Å². The number of amides is 1. The Labute approximate surface area is 132 Å². The third-order valence-corrected chi connectivity index (χ3v) is 3.59. The third-order valence-electron chi connectivity index (χ3n) is 3.59. The van der Waals surface area contributed by atoms with Crippen LogP contribution in [0.4, 0.5) is 4.39 Å². The van der Waals surface area contributed by atoms with Crippen molar-refractivity contribution in [1.82, 2.24) is 25.7 Å². The van der Waals surface area contributed by atoms with Crippen LogP contribution in [0.5, 0.6) is 0 Å². The van der Waals surface area contributed by atoms with Crippen molar-refractivity contribution in [3.05, 3.63) is 57.8 Å². The van der Waals surface area contributed by atoms with Gasteiger partial charge >= 0.3 is 5.76 Å². The molecule has 4 rings (SSSR count). The number of halogens is 1. The highest BCUT2D eigenvalue weighted by atomic mass is 19.1. The van der Waals surface area contributed by atoms with Gasteiger partial charge in [-0.25, -0.2) is 9.18 Å². The minimum Gasteiger partial charge on any atom is -0.408 e. The summed E-state index contributed by atoms with van der Waals surface area (Å²) in [5, 5.41) is 12.6. The van der Waals surface area contributed by atoms with Crippen LogP contribution in [-0.2, 0) is 6.54 Å². The first-order valence-electron chi connectivity index (χ1n) is 7.00. The monoisotopic (exact) mass is 327 g/mol. The largest absolute Gasteiger partial charge is 0.417 e. The van der Waals surface area contributed by atoms with E-state index in [2.05, 4.69) is 25.7 Å². The molecule has 2 aromatic heterocycles. The van der Waals surface area contributed by atoms with Gasteiger partial charge in [0.2, 0.25) is 0 Å². The quantitative estimate of drug-likeness (QED) is 0.527. The first-order valence-corrected chi connectivity index (χ1v) is 7.00. The Bertz CT molecular complexity index is 1130. The lowest BCUT2D eigenvalue weighted by Gasteiger charge is -2.06. The maximum Gasteiger partial charge on any atom is 0.417 e. The topological polar surface area (TPSA) is 117 Å². The Morgan fingerprint density at radius 1 is 1.21 bits per heavy atom. The number of oxazole rings is 1. The van der Waals surface area contributed by atoms with Gasteiger partial charge in [0.15, 0.2) is 5.58 Å². The summed E-state index contributed by atoms with van der Waals surface area (Å²) in [4.78, 5) is 25.8. The van der Waals surface area contributed by atoms with Gasteiger partial charge in [0.25, 0.3) is 5.91 Å². The summed E-state index contributed by atoms with van der Waals surface area (Å²) in [5.41, 5.74) is 2.32. The fourth-order valence-electron chi connectivity index (χ4n) is 2.42. The van der Waals surface area contributed by atoms with E-state index in [-0.39, 0.29) is 12.1 Å². The Morgan fingerprint density at radius 2 is 2.00 bits per heavy atom. The fourth-order valence-corrected chi connectivity index (χ4v) is 2.42. The number of rotatable bonds is 3. The smallest absolute Gasteiger partial charge is 0.408 e. The molecule has 9 heteroatoms. The molecule has 0 saturated heterocycles. The van der Waals surface area contributed by atoms with Crippen molar-refractivity contribution in [1.29, 1.82) is 0 Å². The van der Waals surface area contributed by atoms with Crippen molar-refractivity contribution in [3.8, 4) is 0 Å². The second-order valence-corrected chi connectivity index (χ2v) is 5.17. The number of hydrogen-bond acceptors (Lipinski definition) is 5. The number of carbonyl (C=O) groups excluding carboxylic acids is 1. The lowest BCUT2D eigenvalue weighted by atomic mass is 10.1. The maximum atomic E-state index is 14.0. The molecule has 0 aliphatic rings. The van der Waals surface area contributed by atoms with Crippen LogP contribution < -0.4 is 11.1 Å². The number of benzene rings is 2. The summed E-state index contributed by atoms with van der Waals surface area (Å²) < 4.78 is 18.9. The number of fused-ring (bicyclic) bond motifs is 2. The molecule has 24 heavy (non-hydrogen) atoms. The molecule has 0 radical (unpaired) electrons. The van der Waals surface area contributed by atoms with Crippen LogP contribution in [0.25, 0.3) is 22.1 Å². The molecule has 3 N–H and O–H groups in total. The lowest BCUT2D eigenvalue weighted by Crippen LogP contribution is -2.23. The van der Waals surface area contributed by atoms with E-state index in [1.165, 1.54) is 6.07 Å². The Kier molecular flexibility index (Phi) is 3.12. The van der Waals surface area contributed by atoms with Crippen molar-refractivity contribution in [2.45, 2.75) is 6.54 Å². The molecule has 8 nitrogen and oxygen atoms in total. The molecule has 1 amide bonds. The van der Waals surface area contributed by atoms with Crippen LogP contribution in [0.2, 0.25) is 0 Å². The average molecular weight is 327 g/mol. The molecule has 0 saturated carbocycles. The highest BCUT2D eigenvalue weighted by Gasteiger charge is 2.14. The minimum absolute atomic E-state index is 0.116. The molecule has 0 atom stereocenters. The summed E-state index contributed by atoms with van der Waals surface area (Å²) in [5.74, 6) is -1.80. The normalized spacial score (nSPS) is 11.2. The number of aromatic amines is 2. The molecule has 2 aromatic carbocycles. The molecule has 0 spiro atoms. The van der Waals surface area contributed by atoms with E-state index in [9.17, 15) is 14.0 Å². The van der Waals surface area contributed by atoms with Crippen LogP contribution in [0, 0.1) is 5.82 Å². The Hall–Kier alpha value is -3.49. The zero-order valence-corrected chi connectivity index (χ0v) is 12.1. The third kappa shape index (κ3) is 2.41. The van der Waals surface area contributed by atoms with Crippen LogP contribution in [-0.4, -0.2) is 26.3 Å². The standard InChI is InChI=1S/C15H10FN5O3/c16-9-5-11-10(19-21-20-11)4-8(9)14(22)17-6-7-1-2-13-12(3-7)18-15(23)24-13/h1-5H,6H2,(H,17,22)(H,18,23)(H,19,20,21). The highest BCUT2D eigenvalue weighted by Crippen LogP contribution is 2.16. The predicted molar refractivity (Wildman–Crippen MR) is 81.9 cm³/mol. The zero-order valence-electron chi connectivity index (χ0n) is 12.1. The summed E-state index contributed by atoms with van der Waals surface area (Å²) in [6.07, 6.45) is 0. The van der Waals surface area contributed by atoms with E-state index < -0.39 is 17.5 Å². The number of H-pyrrole nitrogens is 2. The highest BCUT2D eigenvalue weighted by molar-refractivity contribution is 5.97. The van der Waals surface area contributed by atoms with Gasteiger partial charge in [0, 0.05) is 12.6 Å². The number of carbonyl (C=O) groups is 1. The average Bonchev–Trinajstić information content (AvgIpc) is 3.15. The fraction of sp³-hybridized carbons (Fsp3) is 0.0667. The summed E-state index contributed by atoms with van der Waals surface area (Å²) >= 11 is 0. The molecule has 120 valence electrons. The van der Waals surface area contributed by atoms with Crippen molar-refractivity contribution >= 4 is 28.0 Å². The van der Waals surface area contributed by atoms with Gasteiger partial charge in [-0.2, -0.15) is 15.4 Å². The second kappa shape index (κ2) is 5.30. The first-order chi connectivity index (χ1) is 11.6. The van der Waals surface area contributed by atoms with E-state index in [0.29, 0.717) is 22.1 Å². The number of hydrogen-bond donors (Lipinski definition) is 3. The van der Waals surface area contributed by atoms with E-state index >= 15 is 0 Å². The molecule has 0 aliphatic carbocycles. The maximum absolute atomic E-state index is 14.0. The summed E-state index contributed by atoms with van der Waals surface area (Å²) in [6.45, 7) is 0.165. The molecular formula is C15H10FN5O3. The summed E-state index contributed by atoms with van der Waals surface area (Å²) in [7, 11) is 0. The van der Waals surface area contributed by atoms with E-state index in [4.69, 9.17) is 4.42 Å². The molecule has 0 fully saturated rings. The zero-order chi connectivity index (χ0) is 16.7. The summed E-state index contributed by atoms with van der Waals surface area (Å²) in [6, 6.07) is 7.49. The number of nitrogens with zero attached hydrogens (tertiary/aromatic N) is 2. The molecule has 0 unspecified atom stereocenters. The van der Waals surface area contributed by atoms with Crippen molar-refractivity contribution in [3.63, 3.8) is 0 Å². The van der Waals surface area contributed by atoms with Crippen LogP contribution in [0.3, 0.4) is 0 Å². The molecule has 0 bridgehead atoms. The molecule has 2 heterocycles. The Morgan fingerprint density at radius 3 is 2.83 bits per heavy atom. The van der Waals surface area contributed by atoms with E-state index in [1.807, 2.05) is 0 Å². The van der Waals surface area contributed by atoms with Gasteiger partial charge in [0.05, 0.1) is 11.1 Å². The number of aromatic nitrogens is 4. The Balaban J connectivity index is 1.55. The van der Waals surface area contributed by atoms with Gasteiger partial charge in [-0.15, -0.1) is 0 Å². The van der Waals surface area contributed by atoms with Crippen molar-refractivity contribution in [2.24, 2.45) is 0 Å². The van der Waals surface area contributed by atoms with Gasteiger partial charge in [-0.05, 0) is 23.8 Å². The first kappa shape index (κ1) is 14.1. The van der Waals surface area contributed by atoms with Gasteiger partial charge < -0.3 is 9.73 Å². The van der Waals surface area contributed by atoms with Crippen LogP contribution >= 0.6 is 0 Å². The van der Waals surface area contributed by atoms with Gasteiger partial charge in [0.1, 0.15) is 16.9 Å². The predicted octanol–water partition coefficient (Wildman–Crippen LogP) is 1.46. The molecule has 0 aliphatic heterocycles. The lowest BCUT2D eigenvalue weighted by molar-refractivity contribution is 0.0947. The van der Waals surface area contributed by atoms with Gasteiger partial charge in [-0.1, -0.05) is 6.07 Å². The van der Waals surface area contributed by atoms with Crippen molar-refractivity contribution in [2.75, 3.05) is 0 Å². The van der Waals surface area contributed by atoms with Crippen LogP contribution in [0.15, 0.2) is 39.5 Å². The van der Waals surface area contributed by atoms with Gasteiger partial charge in [-0.3, -0.25) is 9.78 Å². The van der Waals surface area contributed by atoms with Crippen LogP contribution in [0.1, 0.15) is 15.9 Å². The SMILES string of the molecule is O=C(NCc1ccc2oc(=O)[nH]c2c1)c1cc2n[nH]nc2cc1F. The molecule has 4 aromatic rings. The van der Waals surface area contributed by atoms with E-state index in [0.717, 1.165) is 11.6 Å². The second-order valence-electron chi connectivity index (χ2n) is 5.17. The minimum atomic E-state index is -0.677. The van der Waals surface area contributed by atoms with Crippen molar-refractivity contribution < 1.29 is 13.6 Å². The molecular weight excluding hydrogens is 317 g/mol. The number of nitrogens with one attached hydrogen (secondary N) is 3.